The number of aromatic hydroxyl groups is 2. The SMILES string of the molecule is CCC(CC(C)c1ccc(OB(Oc2ccc(C(CC)CC(C)c3ccc(O)cc3)cc2)c2cc(F)ccc2F)cc1)c1ccc(O)cc1. The molecule has 4 unspecified atom stereocenters. The molecule has 5 aromatic carbocycles. The Kier molecular flexibility index (Phi) is 12.0. The predicted molar refractivity (Wildman–Crippen MR) is 194 cm³/mol. The van der Waals surface area contributed by atoms with Crippen molar-refractivity contribution >= 4 is 12.6 Å². The maximum atomic E-state index is 15.1. The van der Waals surface area contributed by atoms with Crippen LogP contribution >= 0.6 is 0 Å². The molecule has 0 heterocycles. The van der Waals surface area contributed by atoms with E-state index in [2.05, 4.69) is 27.7 Å². The van der Waals surface area contributed by atoms with E-state index in [1.165, 1.54) is 11.1 Å². The molecule has 254 valence electrons. The normalized spacial score (nSPS) is 13.7. The zero-order valence-electron chi connectivity index (χ0n) is 28.7. The van der Waals surface area contributed by atoms with E-state index < -0.39 is 18.8 Å². The largest absolute Gasteiger partial charge is 0.635 e. The van der Waals surface area contributed by atoms with Crippen molar-refractivity contribution in [1.29, 1.82) is 0 Å². The molecule has 5 rings (SSSR count). The van der Waals surface area contributed by atoms with Gasteiger partial charge in [-0.05, 0) is 138 Å². The quantitative estimate of drug-likeness (QED) is 0.110. The van der Waals surface area contributed by atoms with Crippen molar-refractivity contribution in [3.05, 3.63) is 149 Å². The van der Waals surface area contributed by atoms with Gasteiger partial charge in [0.25, 0.3) is 0 Å². The first-order valence-electron chi connectivity index (χ1n) is 17.2. The summed E-state index contributed by atoms with van der Waals surface area (Å²) in [5.41, 5.74) is 4.64. The maximum absolute atomic E-state index is 15.1. The molecule has 4 nitrogen and oxygen atoms in total. The van der Waals surface area contributed by atoms with Crippen LogP contribution in [-0.2, 0) is 0 Å². The van der Waals surface area contributed by atoms with Crippen LogP contribution in [0.2, 0.25) is 0 Å². The molecule has 2 N–H and O–H groups in total. The van der Waals surface area contributed by atoms with Crippen molar-refractivity contribution in [3.8, 4) is 23.0 Å². The van der Waals surface area contributed by atoms with Gasteiger partial charge in [0.2, 0.25) is 0 Å². The third-order valence-electron chi connectivity index (χ3n) is 9.59. The van der Waals surface area contributed by atoms with Gasteiger partial charge in [0, 0.05) is 0 Å². The Morgan fingerprint density at radius 3 is 1.37 bits per heavy atom. The number of benzene rings is 5. The van der Waals surface area contributed by atoms with E-state index >= 15 is 4.39 Å². The van der Waals surface area contributed by atoms with E-state index in [0.717, 1.165) is 55.0 Å². The monoisotopic (exact) mass is 662 g/mol. The zero-order chi connectivity index (χ0) is 34.9. The predicted octanol–water partition coefficient (Wildman–Crippen LogP) is 10.6. The first kappa shape index (κ1) is 35.5. The fraction of sp³-hybridized carbons (Fsp3) is 0.286. The number of rotatable bonds is 15. The minimum atomic E-state index is -1.22. The second-order valence-corrected chi connectivity index (χ2v) is 13.0. The van der Waals surface area contributed by atoms with Crippen molar-refractivity contribution < 1.29 is 28.3 Å². The van der Waals surface area contributed by atoms with Gasteiger partial charge in [-0.2, -0.15) is 0 Å². The van der Waals surface area contributed by atoms with Crippen LogP contribution in [0, 0.1) is 11.6 Å². The Bertz CT molecular complexity index is 1760. The number of hydrogen-bond donors (Lipinski definition) is 2. The summed E-state index contributed by atoms with van der Waals surface area (Å²) in [6, 6.07) is 33.5. The van der Waals surface area contributed by atoms with Crippen molar-refractivity contribution in [2.75, 3.05) is 0 Å². The Labute approximate surface area is 289 Å². The highest BCUT2D eigenvalue weighted by Crippen LogP contribution is 2.35. The van der Waals surface area contributed by atoms with Crippen LogP contribution < -0.4 is 14.8 Å². The third-order valence-corrected chi connectivity index (χ3v) is 9.59. The highest BCUT2D eigenvalue weighted by atomic mass is 19.1. The van der Waals surface area contributed by atoms with Gasteiger partial charge < -0.3 is 19.5 Å². The lowest BCUT2D eigenvalue weighted by Crippen LogP contribution is -2.44. The van der Waals surface area contributed by atoms with Gasteiger partial charge in [0.1, 0.15) is 34.6 Å². The minimum absolute atomic E-state index is 0.0321. The van der Waals surface area contributed by atoms with E-state index in [1.54, 1.807) is 24.3 Å². The molecule has 0 aliphatic rings. The summed E-state index contributed by atoms with van der Waals surface area (Å²) < 4.78 is 41.8. The summed E-state index contributed by atoms with van der Waals surface area (Å²) in [5.74, 6) is 1.48. The van der Waals surface area contributed by atoms with Crippen LogP contribution in [0.4, 0.5) is 8.78 Å². The molecular weight excluding hydrogens is 617 g/mol. The van der Waals surface area contributed by atoms with E-state index in [1.807, 2.05) is 72.8 Å². The third kappa shape index (κ3) is 9.44. The summed E-state index contributed by atoms with van der Waals surface area (Å²) in [7, 11) is -1.22. The standard InChI is InChI=1S/C42H45BF2O4/c1-5-30(34-9-18-38(47)19-10-34)26-29(4)33-11-20-39(21-12-33)48-43(41-27-36(44)15-24-42(41)45)49-40-22-13-35(14-23-40)31(6-2)25-28(3)32-7-16-37(46)17-8-32/h7-24,27-31,46-47H,5-6,25-26H2,1-4H3. The topological polar surface area (TPSA) is 58.9 Å². The summed E-state index contributed by atoms with van der Waals surface area (Å²) in [6.07, 6.45) is 3.81. The molecule has 4 atom stereocenters. The molecule has 0 radical (unpaired) electrons. The van der Waals surface area contributed by atoms with Crippen LogP contribution in [-0.4, -0.2) is 17.3 Å². The van der Waals surface area contributed by atoms with Gasteiger partial charge in [-0.3, -0.25) is 0 Å². The molecule has 0 amide bonds. The molecule has 49 heavy (non-hydrogen) atoms. The molecule has 0 aliphatic carbocycles. The summed E-state index contributed by atoms with van der Waals surface area (Å²) in [4.78, 5) is 0. The molecule has 7 heteroatoms. The average molecular weight is 663 g/mol. The lowest BCUT2D eigenvalue weighted by Gasteiger charge is -2.22. The lowest BCUT2D eigenvalue weighted by atomic mass is 9.78. The second kappa shape index (κ2) is 16.6. The first-order chi connectivity index (χ1) is 23.6. The van der Waals surface area contributed by atoms with Crippen LogP contribution in [0.3, 0.4) is 0 Å². The Balaban J connectivity index is 1.29. The molecular formula is C42H45BF2O4. The zero-order valence-corrected chi connectivity index (χ0v) is 28.7. The molecule has 0 saturated carbocycles. The highest BCUT2D eigenvalue weighted by Gasteiger charge is 2.31. The fourth-order valence-corrected chi connectivity index (χ4v) is 6.54. The Morgan fingerprint density at radius 1 is 0.551 bits per heavy atom. The summed E-state index contributed by atoms with van der Waals surface area (Å²) in [5, 5.41) is 19.3. The highest BCUT2D eigenvalue weighted by molar-refractivity contribution is 6.62. The summed E-state index contributed by atoms with van der Waals surface area (Å²) >= 11 is 0. The van der Waals surface area contributed by atoms with Gasteiger partial charge in [-0.25, -0.2) is 8.78 Å². The molecule has 0 spiro atoms. The summed E-state index contributed by atoms with van der Waals surface area (Å²) in [6.45, 7) is 8.71. The van der Waals surface area contributed by atoms with Crippen molar-refractivity contribution in [2.24, 2.45) is 0 Å². The smallest absolute Gasteiger partial charge is 0.522 e. The van der Waals surface area contributed by atoms with Crippen molar-refractivity contribution in [2.45, 2.75) is 77.0 Å². The van der Waals surface area contributed by atoms with Gasteiger partial charge in [0.15, 0.2) is 0 Å². The van der Waals surface area contributed by atoms with Crippen molar-refractivity contribution in [3.63, 3.8) is 0 Å². The molecule has 5 aromatic rings. The molecule has 0 bridgehead atoms. The van der Waals surface area contributed by atoms with Gasteiger partial charge in [0.05, 0.1) is 5.46 Å². The van der Waals surface area contributed by atoms with Gasteiger partial charge in [-0.1, -0.05) is 76.2 Å². The van der Waals surface area contributed by atoms with Gasteiger partial charge >= 0.3 is 7.12 Å². The van der Waals surface area contributed by atoms with E-state index in [9.17, 15) is 14.6 Å². The number of hydrogen-bond acceptors (Lipinski definition) is 4. The lowest BCUT2D eigenvalue weighted by molar-refractivity contribution is 0.435. The van der Waals surface area contributed by atoms with Crippen LogP contribution in [0.25, 0.3) is 0 Å². The van der Waals surface area contributed by atoms with Crippen molar-refractivity contribution in [1.82, 2.24) is 0 Å². The Morgan fingerprint density at radius 2 is 0.939 bits per heavy atom. The van der Waals surface area contributed by atoms with Crippen LogP contribution in [0.1, 0.15) is 99.3 Å². The van der Waals surface area contributed by atoms with E-state index in [-0.39, 0.29) is 22.9 Å². The van der Waals surface area contributed by atoms with Crippen LogP contribution in [0.15, 0.2) is 115 Å². The Hall–Kier alpha value is -4.78. The van der Waals surface area contributed by atoms with Gasteiger partial charge in [-0.15, -0.1) is 0 Å². The van der Waals surface area contributed by atoms with E-state index in [0.29, 0.717) is 29.3 Å². The maximum Gasteiger partial charge on any atom is 0.635 e. The van der Waals surface area contributed by atoms with Crippen LogP contribution in [0.5, 0.6) is 23.0 Å². The fourth-order valence-electron chi connectivity index (χ4n) is 6.54. The molecule has 0 aliphatic heterocycles. The van der Waals surface area contributed by atoms with E-state index in [4.69, 9.17) is 9.31 Å². The number of phenols is 2. The molecule has 0 aromatic heterocycles. The minimum Gasteiger partial charge on any atom is -0.522 e. The first-order valence-corrected chi connectivity index (χ1v) is 17.2. The average Bonchev–Trinajstić information content (AvgIpc) is 3.11. The molecule has 0 saturated heterocycles. The second-order valence-electron chi connectivity index (χ2n) is 13.0. The molecule has 0 fully saturated rings. The number of halogens is 2. The number of phenolic OH excluding ortho intramolecular Hbond substituents is 2.